The maximum absolute atomic E-state index is 6.22. The van der Waals surface area contributed by atoms with Gasteiger partial charge in [0.15, 0.2) is 0 Å². The normalized spacial score (nSPS) is 24.4. The summed E-state index contributed by atoms with van der Waals surface area (Å²) in [5.41, 5.74) is 4.28. The predicted octanol–water partition coefficient (Wildman–Crippen LogP) is 5.69. The summed E-state index contributed by atoms with van der Waals surface area (Å²) >= 11 is 0. The molecule has 1 heterocycles. The average molecular weight is 435 g/mol. The van der Waals surface area contributed by atoms with Gasteiger partial charge in [-0.3, -0.25) is 0 Å². The Morgan fingerprint density at radius 1 is 0.969 bits per heavy atom. The first kappa shape index (κ1) is 23.2. The maximum Gasteiger partial charge on any atom is 0.494 e. The molecule has 0 aromatic heterocycles. The number of methoxy groups -OCH3 is 1. The summed E-state index contributed by atoms with van der Waals surface area (Å²) in [5, 5.41) is 3.67. The van der Waals surface area contributed by atoms with E-state index in [1.165, 1.54) is 36.8 Å². The largest absolute Gasteiger partial charge is 0.496 e. The predicted molar refractivity (Wildman–Crippen MR) is 133 cm³/mol. The second-order valence-electron chi connectivity index (χ2n) is 10.5. The molecule has 1 saturated carbocycles. The van der Waals surface area contributed by atoms with Crippen molar-refractivity contribution in [3.05, 3.63) is 53.6 Å². The van der Waals surface area contributed by atoms with E-state index in [0.29, 0.717) is 11.8 Å². The van der Waals surface area contributed by atoms with Gasteiger partial charge < -0.3 is 19.4 Å². The second-order valence-corrected chi connectivity index (χ2v) is 10.5. The molecule has 2 aromatic rings. The van der Waals surface area contributed by atoms with Gasteiger partial charge in [-0.25, -0.2) is 0 Å². The maximum atomic E-state index is 6.22. The lowest BCUT2D eigenvalue weighted by Crippen LogP contribution is -2.41. The Morgan fingerprint density at radius 3 is 2.28 bits per heavy atom. The molecule has 1 aliphatic carbocycles. The van der Waals surface area contributed by atoms with Crippen molar-refractivity contribution in [3.8, 4) is 5.75 Å². The fourth-order valence-electron chi connectivity index (χ4n) is 4.89. The highest BCUT2D eigenvalue weighted by Crippen LogP contribution is 2.38. The fraction of sp³-hybridized carbons (Fsp3) is 0.556. The molecular weight excluding hydrogens is 397 g/mol. The highest BCUT2D eigenvalue weighted by atomic mass is 16.7. The van der Waals surface area contributed by atoms with Crippen LogP contribution in [0.5, 0.6) is 5.75 Å². The fourth-order valence-corrected chi connectivity index (χ4v) is 4.89. The Labute approximate surface area is 194 Å². The van der Waals surface area contributed by atoms with E-state index in [-0.39, 0.29) is 18.3 Å². The van der Waals surface area contributed by atoms with Crippen molar-refractivity contribution in [1.29, 1.82) is 0 Å². The van der Waals surface area contributed by atoms with Crippen LogP contribution in [0, 0.1) is 12.8 Å². The highest BCUT2D eigenvalue weighted by Gasteiger charge is 2.51. The number of anilines is 1. The van der Waals surface area contributed by atoms with Crippen LogP contribution < -0.4 is 15.5 Å². The van der Waals surface area contributed by atoms with Crippen LogP contribution in [0.25, 0.3) is 0 Å². The third-order valence-electron chi connectivity index (χ3n) is 7.74. The quantitative estimate of drug-likeness (QED) is 0.592. The summed E-state index contributed by atoms with van der Waals surface area (Å²) < 4.78 is 17.9. The van der Waals surface area contributed by atoms with Crippen LogP contribution in [0.15, 0.2) is 42.5 Å². The number of aryl methyl sites for hydroxylation is 1. The topological polar surface area (TPSA) is 39.7 Å². The van der Waals surface area contributed by atoms with Crippen LogP contribution in [0.1, 0.15) is 70.4 Å². The van der Waals surface area contributed by atoms with Crippen molar-refractivity contribution in [2.24, 2.45) is 5.92 Å². The first-order valence-electron chi connectivity index (χ1n) is 12.0. The van der Waals surface area contributed by atoms with Gasteiger partial charge in [0.05, 0.1) is 18.3 Å². The molecule has 0 unspecified atom stereocenters. The van der Waals surface area contributed by atoms with Crippen molar-refractivity contribution in [3.63, 3.8) is 0 Å². The van der Waals surface area contributed by atoms with Crippen LogP contribution >= 0.6 is 0 Å². The van der Waals surface area contributed by atoms with Gasteiger partial charge in [-0.2, -0.15) is 0 Å². The van der Waals surface area contributed by atoms with E-state index >= 15 is 0 Å². The zero-order chi connectivity index (χ0) is 22.9. The van der Waals surface area contributed by atoms with Gasteiger partial charge in [0, 0.05) is 12.2 Å². The molecule has 1 saturated heterocycles. The van der Waals surface area contributed by atoms with Crippen LogP contribution in [0.3, 0.4) is 0 Å². The summed E-state index contributed by atoms with van der Waals surface area (Å²) in [6, 6.07) is 15.2. The van der Waals surface area contributed by atoms with Crippen molar-refractivity contribution in [2.45, 2.75) is 77.4 Å². The molecule has 0 atom stereocenters. The monoisotopic (exact) mass is 435 g/mol. The molecule has 32 heavy (non-hydrogen) atoms. The molecular formula is C27H38BNO3. The molecule has 4 nitrogen and oxygen atoms in total. The molecule has 1 N–H and O–H groups in total. The Bertz CT molecular complexity index is 918. The smallest absolute Gasteiger partial charge is 0.494 e. The standard InChI is InChI=1S/C27H38BNO3/c1-19-16-22(14-15-25(19)30-6)21-12-10-20(11-13-21)18-29-24-9-7-8-23(17-24)28-31-26(2,3)27(4,5)32-28/h7-9,14-17,20-21,29H,10-13,18H2,1-6H3. The molecule has 0 radical (unpaired) electrons. The molecule has 5 heteroatoms. The van der Waals surface area contributed by atoms with Gasteiger partial charge in [-0.1, -0.05) is 24.3 Å². The lowest BCUT2D eigenvalue weighted by molar-refractivity contribution is 0.00578. The number of ether oxygens (including phenoxy) is 1. The molecule has 0 spiro atoms. The Hall–Kier alpha value is -1.98. The number of rotatable bonds is 6. The summed E-state index contributed by atoms with van der Waals surface area (Å²) in [5.74, 6) is 2.36. The molecule has 2 fully saturated rings. The molecule has 4 rings (SSSR count). The molecule has 2 aromatic carbocycles. The third-order valence-corrected chi connectivity index (χ3v) is 7.74. The number of hydrogen-bond acceptors (Lipinski definition) is 4. The third kappa shape index (κ3) is 4.84. The minimum atomic E-state index is -0.317. The highest BCUT2D eigenvalue weighted by molar-refractivity contribution is 6.62. The van der Waals surface area contributed by atoms with Crippen molar-refractivity contribution >= 4 is 18.3 Å². The van der Waals surface area contributed by atoms with Gasteiger partial charge in [0.2, 0.25) is 0 Å². The molecule has 172 valence electrons. The van der Waals surface area contributed by atoms with E-state index in [2.05, 4.69) is 82.4 Å². The summed E-state index contributed by atoms with van der Waals surface area (Å²) in [4.78, 5) is 0. The first-order valence-corrected chi connectivity index (χ1v) is 12.0. The molecule has 0 bridgehead atoms. The van der Waals surface area contributed by atoms with E-state index in [9.17, 15) is 0 Å². The average Bonchev–Trinajstić information content (AvgIpc) is 3.00. The molecule has 1 aliphatic heterocycles. The van der Waals surface area contributed by atoms with Gasteiger partial charge in [0.25, 0.3) is 0 Å². The SMILES string of the molecule is COc1ccc(C2CCC(CNc3cccc(B4OC(C)(C)C(C)(C)O4)c3)CC2)cc1C. The summed E-state index contributed by atoms with van der Waals surface area (Å²) in [7, 11) is 1.43. The van der Waals surface area contributed by atoms with E-state index < -0.39 is 0 Å². The number of benzene rings is 2. The van der Waals surface area contributed by atoms with E-state index in [4.69, 9.17) is 14.0 Å². The lowest BCUT2D eigenvalue weighted by Gasteiger charge is -2.32. The molecule has 2 aliphatic rings. The van der Waals surface area contributed by atoms with Crippen LogP contribution in [0.4, 0.5) is 5.69 Å². The van der Waals surface area contributed by atoms with Crippen LogP contribution in [-0.2, 0) is 9.31 Å². The van der Waals surface area contributed by atoms with E-state index in [1.807, 2.05) is 0 Å². The Kier molecular flexibility index (Phi) is 6.60. The van der Waals surface area contributed by atoms with Crippen LogP contribution in [0.2, 0.25) is 0 Å². The van der Waals surface area contributed by atoms with Crippen molar-refractivity contribution in [2.75, 3.05) is 19.0 Å². The Balaban J connectivity index is 1.30. The Morgan fingerprint density at radius 2 is 1.66 bits per heavy atom. The summed E-state index contributed by atoms with van der Waals surface area (Å²) in [6.45, 7) is 11.5. The zero-order valence-electron chi connectivity index (χ0n) is 20.5. The van der Waals surface area contributed by atoms with Crippen molar-refractivity contribution in [1.82, 2.24) is 0 Å². The van der Waals surface area contributed by atoms with Gasteiger partial charge in [0.1, 0.15) is 5.75 Å². The van der Waals surface area contributed by atoms with E-state index in [0.717, 1.165) is 23.4 Å². The number of nitrogens with one attached hydrogen (secondary N) is 1. The van der Waals surface area contributed by atoms with Crippen LogP contribution in [-0.4, -0.2) is 32.0 Å². The lowest BCUT2D eigenvalue weighted by atomic mass is 9.78. The number of hydrogen-bond donors (Lipinski definition) is 1. The zero-order valence-corrected chi connectivity index (χ0v) is 20.5. The van der Waals surface area contributed by atoms with Crippen molar-refractivity contribution < 1.29 is 14.0 Å². The second kappa shape index (κ2) is 9.11. The first-order chi connectivity index (χ1) is 15.2. The van der Waals surface area contributed by atoms with Gasteiger partial charge in [-0.15, -0.1) is 0 Å². The molecule has 0 amide bonds. The van der Waals surface area contributed by atoms with Gasteiger partial charge in [-0.05, 0) is 107 Å². The van der Waals surface area contributed by atoms with Gasteiger partial charge >= 0.3 is 7.12 Å². The summed E-state index contributed by atoms with van der Waals surface area (Å²) in [6.07, 6.45) is 5.04. The minimum absolute atomic E-state index is 0.315. The minimum Gasteiger partial charge on any atom is -0.496 e. The van der Waals surface area contributed by atoms with E-state index in [1.54, 1.807) is 7.11 Å².